The van der Waals surface area contributed by atoms with E-state index in [0.717, 1.165) is 17.8 Å². The van der Waals surface area contributed by atoms with E-state index in [1.54, 1.807) is 13.2 Å². The van der Waals surface area contributed by atoms with Crippen molar-refractivity contribution < 1.29 is 9.53 Å². The summed E-state index contributed by atoms with van der Waals surface area (Å²) in [5.74, 6) is 0.692. The Morgan fingerprint density at radius 2 is 1.92 bits per heavy atom. The number of ether oxygens (including phenoxy) is 1. The number of benzene rings is 1. The summed E-state index contributed by atoms with van der Waals surface area (Å²) < 4.78 is 4.97. The lowest BCUT2D eigenvalue weighted by molar-refractivity contribution is 0.0943. The van der Waals surface area contributed by atoms with Gasteiger partial charge in [-0.05, 0) is 43.0 Å². The second-order valence-electron chi connectivity index (χ2n) is 6.22. The summed E-state index contributed by atoms with van der Waals surface area (Å²) >= 11 is 0. The third kappa shape index (κ3) is 5.83. The van der Waals surface area contributed by atoms with Crippen LogP contribution in [0.5, 0.6) is 0 Å². The monoisotopic (exact) mass is 342 g/mol. The molecule has 1 aromatic carbocycles. The Morgan fingerprint density at radius 1 is 1.20 bits per heavy atom. The quantitative estimate of drug-likeness (QED) is 0.719. The zero-order valence-corrected chi connectivity index (χ0v) is 15.3. The number of methoxy groups -OCH3 is 1. The minimum atomic E-state index is -0.209. The van der Waals surface area contributed by atoms with Crippen molar-refractivity contribution in [2.45, 2.75) is 33.1 Å². The summed E-state index contributed by atoms with van der Waals surface area (Å²) in [6.45, 7) is 7.32. The van der Waals surface area contributed by atoms with Crippen LogP contribution in [-0.2, 0) is 4.74 Å². The SMILES string of the molecule is COCCCNC(=O)c1cc(C)nc(Nc2ccc(C(C)C)cc2)n1. The number of anilines is 2. The normalized spacial score (nSPS) is 10.8. The van der Waals surface area contributed by atoms with Crippen molar-refractivity contribution >= 4 is 17.5 Å². The van der Waals surface area contributed by atoms with Crippen LogP contribution in [0.3, 0.4) is 0 Å². The highest BCUT2D eigenvalue weighted by molar-refractivity contribution is 5.92. The third-order valence-electron chi connectivity index (χ3n) is 3.73. The van der Waals surface area contributed by atoms with Gasteiger partial charge in [-0.25, -0.2) is 9.97 Å². The summed E-state index contributed by atoms with van der Waals surface area (Å²) in [4.78, 5) is 20.9. The van der Waals surface area contributed by atoms with Gasteiger partial charge >= 0.3 is 0 Å². The molecule has 0 radical (unpaired) electrons. The molecule has 6 nitrogen and oxygen atoms in total. The molecule has 0 spiro atoms. The maximum atomic E-state index is 12.2. The number of nitrogens with one attached hydrogen (secondary N) is 2. The number of aromatic nitrogens is 2. The second kappa shape index (κ2) is 9.13. The van der Waals surface area contributed by atoms with Crippen LogP contribution >= 0.6 is 0 Å². The van der Waals surface area contributed by atoms with E-state index in [1.165, 1.54) is 5.56 Å². The van der Waals surface area contributed by atoms with Crippen molar-refractivity contribution in [2.24, 2.45) is 0 Å². The first-order valence-corrected chi connectivity index (χ1v) is 8.49. The number of aryl methyl sites for hydroxylation is 1. The van der Waals surface area contributed by atoms with Crippen molar-refractivity contribution in [3.63, 3.8) is 0 Å². The molecule has 25 heavy (non-hydrogen) atoms. The molecule has 0 aliphatic rings. The van der Waals surface area contributed by atoms with E-state index in [-0.39, 0.29) is 5.91 Å². The molecule has 2 rings (SSSR count). The lowest BCUT2D eigenvalue weighted by atomic mass is 10.0. The molecule has 1 heterocycles. The molecule has 1 amide bonds. The van der Waals surface area contributed by atoms with Gasteiger partial charge in [-0.3, -0.25) is 4.79 Å². The van der Waals surface area contributed by atoms with Crippen LogP contribution in [0.25, 0.3) is 0 Å². The van der Waals surface area contributed by atoms with Crippen LogP contribution in [0.4, 0.5) is 11.6 Å². The van der Waals surface area contributed by atoms with Gasteiger partial charge < -0.3 is 15.4 Å². The lowest BCUT2D eigenvalue weighted by Crippen LogP contribution is -2.26. The predicted molar refractivity (Wildman–Crippen MR) is 99.4 cm³/mol. The number of nitrogens with zero attached hydrogens (tertiary/aromatic N) is 2. The zero-order chi connectivity index (χ0) is 18.2. The molecular weight excluding hydrogens is 316 g/mol. The Balaban J connectivity index is 2.06. The van der Waals surface area contributed by atoms with Crippen LogP contribution in [0.1, 0.15) is 47.9 Å². The van der Waals surface area contributed by atoms with Gasteiger partial charge in [-0.2, -0.15) is 0 Å². The Kier molecular flexibility index (Phi) is 6.89. The fourth-order valence-corrected chi connectivity index (χ4v) is 2.33. The Morgan fingerprint density at radius 3 is 2.56 bits per heavy atom. The number of carbonyl (C=O) groups excluding carboxylic acids is 1. The van der Waals surface area contributed by atoms with Crippen LogP contribution in [0.15, 0.2) is 30.3 Å². The fourth-order valence-electron chi connectivity index (χ4n) is 2.33. The first-order chi connectivity index (χ1) is 12.0. The molecule has 0 saturated carbocycles. The Bertz CT molecular complexity index is 699. The molecule has 0 atom stereocenters. The molecule has 2 aromatic rings. The highest BCUT2D eigenvalue weighted by Crippen LogP contribution is 2.19. The topological polar surface area (TPSA) is 76.1 Å². The van der Waals surface area contributed by atoms with Crippen LogP contribution in [0.2, 0.25) is 0 Å². The van der Waals surface area contributed by atoms with E-state index in [9.17, 15) is 4.79 Å². The van der Waals surface area contributed by atoms with Crippen molar-refractivity contribution in [1.29, 1.82) is 0 Å². The van der Waals surface area contributed by atoms with E-state index < -0.39 is 0 Å². The molecule has 2 N–H and O–H groups in total. The Labute approximate surface area is 149 Å². The average molecular weight is 342 g/mol. The number of rotatable bonds is 8. The molecular formula is C19H26N4O2. The number of carbonyl (C=O) groups is 1. The van der Waals surface area contributed by atoms with Gasteiger partial charge in [0.15, 0.2) is 0 Å². The summed E-state index contributed by atoms with van der Waals surface area (Å²) in [5.41, 5.74) is 3.25. The maximum absolute atomic E-state index is 12.2. The van der Waals surface area contributed by atoms with Gasteiger partial charge in [0.25, 0.3) is 5.91 Å². The van der Waals surface area contributed by atoms with Crippen LogP contribution < -0.4 is 10.6 Å². The largest absolute Gasteiger partial charge is 0.385 e. The molecule has 0 unspecified atom stereocenters. The fraction of sp³-hybridized carbons (Fsp3) is 0.421. The lowest BCUT2D eigenvalue weighted by Gasteiger charge is -2.10. The Hall–Kier alpha value is -2.47. The standard InChI is InChI=1S/C19H26N4O2/c1-13(2)15-6-8-16(9-7-15)22-19-21-14(3)12-17(23-19)18(24)20-10-5-11-25-4/h6-9,12-13H,5,10-11H2,1-4H3,(H,20,24)(H,21,22,23). The van der Waals surface area contributed by atoms with E-state index >= 15 is 0 Å². The predicted octanol–water partition coefficient (Wildman–Crippen LogP) is 3.42. The molecule has 0 fully saturated rings. The first-order valence-electron chi connectivity index (χ1n) is 8.49. The van der Waals surface area contributed by atoms with Crippen LogP contribution in [0, 0.1) is 6.92 Å². The third-order valence-corrected chi connectivity index (χ3v) is 3.73. The van der Waals surface area contributed by atoms with Crippen molar-refractivity contribution in [1.82, 2.24) is 15.3 Å². The molecule has 0 aliphatic heterocycles. The summed E-state index contributed by atoms with van der Waals surface area (Å²) in [5, 5.41) is 6.00. The van der Waals surface area contributed by atoms with Crippen molar-refractivity contribution in [3.8, 4) is 0 Å². The van der Waals surface area contributed by atoms with E-state index in [4.69, 9.17) is 4.74 Å². The molecule has 6 heteroatoms. The highest BCUT2D eigenvalue weighted by atomic mass is 16.5. The number of hydrogen-bond donors (Lipinski definition) is 2. The van der Waals surface area contributed by atoms with Gasteiger partial charge in [0, 0.05) is 31.6 Å². The van der Waals surface area contributed by atoms with Gasteiger partial charge in [0.2, 0.25) is 5.95 Å². The smallest absolute Gasteiger partial charge is 0.270 e. The summed E-state index contributed by atoms with van der Waals surface area (Å²) in [6.07, 6.45) is 0.764. The molecule has 0 saturated heterocycles. The summed E-state index contributed by atoms with van der Waals surface area (Å²) in [6, 6.07) is 9.81. The van der Waals surface area contributed by atoms with Crippen molar-refractivity contribution in [2.75, 3.05) is 25.6 Å². The van der Waals surface area contributed by atoms with E-state index in [1.807, 2.05) is 19.1 Å². The highest BCUT2D eigenvalue weighted by Gasteiger charge is 2.10. The average Bonchev–Trinajstić information content (AvgIpc) is 2.58. The molecule has 1 aromatic heterocycles. The molecule has 0 bridgehead atoms. The number of amides is 1. The minimum Gasteiger partial charge on any atom is -0.385 e. The maximum Gasteiger partial charge on any atom is 0.270 e. The molecule has 0 aliphatic carbocycles. The summed E-state index contributed by atoms with van der Waals surface area (Å²) in [7, 11) is 1.64. The molecule has 134 valence electrons. The minimum absolute atomic E-state index is 0.209. The van der Waals surface area contributed by atoms with Gasteiger partial charge in [0.05, 0.1) is 0 Å². The van der Waals surface area contributed by atoms with E-state index in [2.05, 4.69) is 46.6 Å². The van der Waals surface area contributed by atoms with E-state index in [0.29, 0.717) is 30.7 Å². The van der Waals surface area contributed by atoms with Gasteiger partial charge in [-0.1, -0.05) is 26.0 Å². The van der Waals surface area contributed by atoms with Gasteiger partial charge in [-0.15, -0.1) is 0 Å². The number of hydrogen-bond acceptors (Lipinski definition) is 5. The second-order valence-corrected chi connectivity index (χ2v) is 6.22. The first kappa shape index (κ1) is 18.9. The van der Waals surface area contributed by atoms with Gasteiger partial charge in [0.1, 0.15) is 5.69 Å². The van der Waals surface area contributed by atoms with Crippen LogP contribution in [-0.4, -0.2) is 36.1 Å². The zero-order valence-electron chi connectivity index (χ0n) is 15.3. The van der Waals surface area contributed by atoms with Crippen molar-refractivity contribution in [3.05, 3.63) is 47.3 Å².